The van der Waals surface area contributed by atoms with E-state index in [1.54, 1.807) is 0 Å². The van der Waals surface area contributed by atoms with Gasteiger partial charge < -0.3 is 19.3 Å². The fourth-order valence-corrected chi connectivity index (χ4v) is 5.53. The minimum atomic E-state index is -0.615. The number of carbonyl (C=O) groups excluding carboxylic acids is 1. The summed E-state index contributed by atoms with van der Waals surface area (Å²) < 4.78 is 12.5. The Labute approximate surface area is 200 Å². The lowest BCUT2D eigenvalue weighted by atomic mass is 9.88. The number of amides is 1. The Hall–Kier alpha value is -3.19. The van der Waals surface area contributed by atoms with E-state index in [-0.39, 0.29) is 24.2 Å². The van der Waals surface area contributed by atoms with Crippen molar-refractivity contribution in [1.29, 1.82) is 0 Å². The van der Waals surface area contributed by atoms with E-state index in [1.807, 2.05) is 43.3 Å². The van der Waals surface area contributed by atoms with Crippen LogP contribution in [0.15, 0.2) is 84.9 Å². The molecular formula is C28H29N3O3. The summed E-state index contributed by atoms with van der Waals surface area (Å²) in [6, 6.07) is 28.7. The van der Waals surface area contributed by atoms with E-state index in [0.717, 1.165) is 16.8 Å². The van der Waals surface area contributed by atoms with Gasteiger partial charge >= 0.3 is 0 Å². The quantitative estimate of drug-likeness (QED) is 0.583. The number of morpholine rings is 3. The summed E-state index contributed by atoms with van der Waals surface area (Å²) in [4.78, 5) is 20.3. The lowest BCUT2D eigenvalue weighted by Gasteiger charge is -2.62. The maximum Gasteiger partial charge on any atom is 0.255 e. The Kier molecular flexibility index (Phi) is 5.37. The van der Waals surface area contributed by atoms with Crippen molar-refractivity contribution in [3.63, 3.8) is 0 Å². The van der Waals surface area contributed by atoms with Crippen LogP contribution in [0.5, 0.6) is 0 Å². The molecule has 4 aliphatic heterocycles. The number of rotatable bonds is 5. The molecule has 0 aromatic heterocycles. The summed E-state index contributed by atoms with van der Waals surface area (Å²) in [5, 5.41) is 0. The second-order valence-electron chi connectivity index (χ2n) is 9.43. The van der Waals surface area contributed by atoms with Crippen LogP contribution < -0.4 is 4.90 Å². The average molecular weight is 456 g/mol. The zero-order valence-corrected chi connectivity index (χ0v) is 19.5. The molecule has 7 rings (SSSR count). The molecule has 0 spiro atoms. The van der Waals surface area contributed by atoms with Crippen molar-refractivity contribution in [3.8, 4) is 0 Å². The Bertz CT molecular complexity index is 1150. The van der Waals surface area contributed by atoms with Gasteiger partial charge in [0.05, 0.1) is 18.7 Å². The molecule has 0 radical (unpaired) electrons. The van der Waals surface area contributed by atoms with Crippen molar-refractivity contribution < 1.29 is 14.3 Å². The molecule has 4 heterocycles. The zero-order valence-electron chi connectivity index (χ0n) is 19.5. The number of carbonyl (C=O) groups is 1. The van der Waals surface area contributed by atoms with Crippen molar-refractivity contribution in [2.75, 3.05) is 25.6 Å². The van der Waals surface area contributed by atoms with E-state index in [9.17, 15) is 4.79 Å². The largest absolute Gasteiger partial charge is 0.378 e. The molecule has 6 heteroatoms. The fraction of sp³-hybridized carbons (Fsp3) is 0.321. The molecule has 0 saturated carbocycles. The first kappa shape index (κ1) is 21.4. The monoisotopic (exact) mass is 455 g/mol. The molecule has 0 aliphatic carbocycles. The lowest BCUT2D eigenvalue weighted by molar-refractivity contribution is -0.339. The summed E-state index contributed by atoms with van der Waals surface area (Å²) in [6.45, 7) is 1.14. The first-order chi connectivity index (χ1) is 16.6. The van der Waals surface area contributed by atoms with E-state index in [4.69, 9.17) is 9.47 Å². The van der Waals surface area contributed by atoms with E-state index >= 15 is 0 Å². The van der Waals surface area contributed by atoms with E-state index in [0.29, 0.717) is 13.2 Å². The summed E-state index contributed by atoms with van der Waals surface area (Å²) in [5.41, 5.74) is 4.50. The molecule has 4 fully saturated rings. The van der Waals surface area contributed by atoms with Crippen LogP contribution in [-0.4, -0.2) is 55.0 Å². The normalized spacial score (nSPS) is 28.2. The average Bonchev–Trinajstić information content (AvgIpc) is 2.88. The molecular weight excluding hydrogens is 426 g/mol. The van der Waals surface area contributed by atoms with Gasteiger partial charge in [0.2, 0.25) is 0 Å². The standard InChI is InChI=1S/C28H29N3O3/c1-29(2)22-15-13-21(14-16-22)24-25-27(32)31-23(20-11-7-4-8-12-20)18-33-28(34-25)26(31)30(24)17-19-9-5-3-6-10-19/h3-16,23-26,28H,17-18H2,1-2H3/t23-,24+,25-,26?,28+/m0/s1. The number of hydrogen-bond acceptors (Lipinski definition) is 5. The van der Waals surface area contributed by atoms with Gasteiger partial charge in [-0.2, -0.15) is 0 Å². The van der Waals surface area contributed by atoms with Gasteiger partial charge in [-0.1, -0.05) is 72.8 Å². The molecule has 6 nitrogen and oxygen atoms in total. The van der Waals surface area contributed by atoms with E-state index < -0.39 is 12.4 Å². The van der Waals surface area contributed by atoms with Crippen molar-refractivity contribution in [1.82, 2.24) is 9.80 Å². The number of benzene rings is 3. The Balaban J connectivity index is 1.42. The minimum Gasteiger partial charge on any atom is -0.378 e. The van der Waals surface area contributed by atoms with Crippen LogP contribution in [0.1, 0.15) is 28.8 Å². The van der Waals surface area contributed by atoms with Crippen LogP contribution >= 0.6 is 0 Å². The number of nitrogens with zero attached hydrogens (tertiary/aromatic N) is 3. The molecule has 3 aromatic rings. The predicted octanol–water partition coefficient (Wildman–Crippen LogP) is 3.96. The molecule has 5 atom stereocenters. The highest BCUT2D eigenvalue weighted by molar-refractivity contribution is 5.85. The maximum atomic E-state index is 13.8. The number of anilines is 1. The van der Waals surface area contributed by atoms with Crippen LogP contribution in [0, 0.1) is 0 Å². The third kappa shape index (κ3) is 3.50. The predicted molar refractivity (Wildman–Crippen MR) is 130 cm³/mol. The summed E-state index contributed by atoms with van der Waals surface area (Å²) in [5.74, 6) is 0.0457. The smallest absolute Gasteiger partial charge is 0.255 e. The van der Waals surface area contributed by atoms with Crippen molar-refractivity contribution >= 4 is 11.6 Å². The van der Waals surface area contributed by atoms with Crippen LogP contribution in [0.4, 0.5) is 5.69 Å². The minimum absolute atomic E-state index is 0.0457. The van der Waals surface area contributed by atoms with Gasteiger partial charge in [0.25, 0.3) is 5.91 Å². The van der Waals surface area contributed by atoms with Gasteiger partial charge in [-0.3, -0.25) is 9.69 Å². The first-order valence-electron chi connectivity index (χ1n) is 11.8. The molecule has 3 aromatic carbocycles. The van der Waals surface area contributed by atoms with Crippen LogP contribution in [0.3, 0.4) is 0 Å². The number of fused-ring (bicyclic) bond motifs is 1. The van der Waals surface area contributed by atoms with Crippen molar-refractivity contribution in [3.05, 3.63) is 102 Å². The van der Waals surface area contributed by atoms with E-state index in [2.05, 4.69) is 70.5 Å². The van der Waals surface area contributed by atoms with Crippen molar-refractivity contribution in [2.24, 2.45) is 0 Å². The molecule has 4 saturated heterocycles. The summed E-state index contributed by atoms with van der Waals surface area (Å²) in [6.07, 6.45) is -1.37. The maximum absolute atomic E-state index is 13.8. The molecule has 4 aliphatic rings. The van der Waals surface area contributed by atoms with E-state index in [1.165, 1.54) is 5.56 Å². The second kappa shape index (κ2) is 8.55. The molecule has 0 N–H and O–H groups in total. The summed E-state index contributed by atoms with van der Waals surface area (Å²) in [7, 11) is 4.06. The Morgan fingerprint density at radius 3 is 2.24 bits per heavy atom. The fourth-order valence-electron chi connectivity index (χ4n) is 5.53. The molecule has 4 bridgehead atoms. The van der Waals surface area contributed by atoms with Crippen LogP contribution in [-0.2, 0) is 20.8 Å². The number of ether oxygens (including phenoxy) is 2. The van der Waals surface area contributed by atoms with Gasteiger partial charge in [-0.15, -0.1) is 0 Å². The molecule has 174 valence electrons. The van der Waals surface area contributed by atoms with Gasteiger partial charge in [-0.25, -0.2) is 0 Å². The molecule has 1 unspecified atom stereocenters. The molecule has 1 amide bonds. The zero-order chi connectivity index (χ0) is 23.2. The Morgan fingerprint density at radius 1 is 0.882 bits per heavy atom. The van der Waals surface area contributed by atoms with Crippen molar-refractivity contribution in [2.45, 2.75) is 37.2 Å². The van der Waals surface area contributed by atoms with Crippen LogP contribution in [0.25, 0.3) is 0 Å². The van der Waals surface area contributed by atoms with Crippen LogP contribution in [0.2, 0.25) is 0 Å². The summed E-state index contributed by atoms with van der Waals surface area (Å²) >= 11 is 0. The van der Waals surface area contributed by atoms with Gasteiger partial charge in [-0.05, 0) is 28.8 Å². The Morgan fingerprint density at radius 2 is 1.56 bits per heavy atom. The highest BCUT2D eigenvalue weighted by Crippen LogP contribution is 2.48. The lowest BCUT2D eigenvalue weighted by Crippen LogP contribution is -2.76. The topological polar surface area (TPSA) is 45.3 Å². The van der Waals surface area contributed by atoms with Gasteiger partial charge in [0.1, 0.15) is 6.17 Å². The SMILES string of the molecule is CN(C)c1ccc([C@@H]2[C@@H]3O[C@H]4OC[C@@H](c5ccccc5)N(C3=O)C4N2Cc2ccccc2)cc1. The van der Waals surface area contributed by atoms with Gasteiger partial charge in [0, 0.05) is 26.3 Å². The second-order valence-corrected chi connectivity index (χ2v) is 9.43. The third-order valence-electron chi connectivity index (χ3n) is 7.19. The highest BCUT2D eigenvalue weighted by Gasteiger charge is 2.61. The number of hydrogen-bond donors (Lipinski definition) is 0. The molecule has 34 heavy (non-hydrogen) atoms. The highest BCUT2D eigenvalue weighted by atomic mass is 16.7. The van der Waals surface area contributed by atoms with Gasteiger partial charge in [0.15, 0.2) is 12.4 Å². The third-order valence-corrected chi connectivity index (χ3v) is 7.19. The first-order valence-corrected chi connectivity index (χ1v) is 11.8.